The van der Waals surface area contributed by atoms with Gasteiger partial charge in [-0.25, -0.2) is 0 Å². The zero-order chi connectivity index (χ0) is 18.2. The second kappa shape index (κ2) is 7.09. The molecule has 0 saturated heterocycles. The van der Waals surface area contributed by atoms with Gasteiger partial charge in [-0.05, 0) is 44.0 Å². The van der Waals surface area contributed by atoms with Gasteiger partial charge in [0.2, 0.25) is 0 Å². The first-order chi connectivity index (χ1) is 11.9. The van der Waals surface area contributed by atoms with E-state index in [4.69, 9.17) is 0 Å². The quantitative estimate of drug-likeness (QED) is 0.583. The molecule has 0 saturated carbocycles. The largest absolute Gasteiger partial charge is 0.198 e. The maximum absolute atomic E-state index is 9.91. The first-order valence-corrected chi connectivity index (χ1v) is 11.0. The van der Waals surface area contributed by atoms with Crippen LogP contribution < -0.4 is 0 Å². The molecule has 25 heavy (non-hydrogen) atoms. The second-order valence-electron chi connectivity index (χ2n) is 7.38. The molecule has 2 aromatic carbocycles. The van der Waals surface area contributed by atoms with Gasteiger partial charge < -0.3 is 0 Å². The molecular formula is C22H26NS2+. The number of benzene rings is 2. The third-order valence-electron chi connectivity index (χ3n) is 5.85. The monoisotopic (exact) mass is 368 g/mol. The predicted octanol–water partition coefficient (Wildman–Crippen LogP) is 6.40. The Balaban J connectivity index is 2.09. The molecule has 0 aliphatic carbocycles. The Morgan fingerprint density at radius 3 is 1.84 bits per heavy atom. The van der Waals surface area contributed by atoms with Crippen LogP contribution >= 0.6 is 11.8 Å². The zero-order valence-electron chi connectivity index (χ0n) is 15.6. The molecule has 1 nitrogen and oxygen atoms in total. The van der Waals surface area contributed by atoms with Crippen LogP contribution in [0.1, 0.15) is 34.6 Å². The molecule has 3 heteroatoms. The summed E-state index contributed by atoms with van der Waals surface area (Å²) >= 11 is 1.88. The first-order valence-electron chi connectivity index (χ1n) is 8.90. The Hall–Kier alpha value is -1.37. The lowest BCUT2D eigenvalue weighted by Crippen LogP contribution is -2.40. The maximum Gasteiger partial charge on any atom is 0.174 e. The molecule has 0 bridgehead atoms. The van der Waals surface area contributed by atoms with Crippen molar-refractivity contribution in [1.29, 1.82) is 5.26 Å². The fourth-order valence-electron chi connectivity index (χ4n) is 3.52. The van der Waals surface area contributed by atoms with Gasteiger partial charge in [-0.3, -0.25) is 0 Å². The lowest BCUT2D eigenvalue weighted by Gasteiger charge is -2.36. The van der Waals surface area contributed by atoms with Crippen LogP contribution in [0.4, 0.5) is 0 Å². The molecule has 0 N–H and O–H groups in total. The third-order valence-corrected chi connectivity index (χ3v) is 10.1. The third kappa shape index (κ3) is 3.11. The molecule has 0 fully saturated rings. The van der Waals surface area contributed by atoms with Crippen LogP contribution in [0.3, 0.4) is 0 Å². The van der Waals surface area contributed by atoms with Crippen molar-refractivity contribution < 1.29 is 0 Å². The highest BCUT2D eigenvalue weighted by Crippen LogP contribution is 2.50. The average molecular weight is 369 g/mol. The molecule has 1 aliphatic heterocycles. The van der Waals surface area contributed by atoms with Crippen molar-refractivity contribution in [1.82, 2.24) is 0 Å². The van der Waals surface area contributed by atoms with E-state index in [-0.39, 0.29) is 16.3 Å². The van der Waals surface area contributed by atoms with Crippen molar-refractivity contribution in [2.45, 2.75) is 59.5 Å². The summed E-state index contributed by atoms with van der Waals surface area (Å²) in [5.41, 5.74) is -0.319. The van der Waals surface area contributed by atoms with Crippen LogP contribution in [0.5, 0.6) is 0 Å². The van der Waals surface area contributed by atoms with Crippen molar-refractivity contribution >= 4 is 22.7 Å². The van der Waals surface area contributed by atoms with Crippen LogP contribution in [0, 0.1) is 28.6 Å². The second-order valence-corrected chi connectivity index (χ2v) is 10.8. The van der Waals surface area contributed by atoms with Gasteiger partial charge in [0, 0.05) is 5.92 Å². The van der Waals surface area contributed by atoms with Gasteiger partial charge in [-0.1, -0.05) is 56.8 Å². The molecule has 1 heterocycles. The highest BCUT2D eigenvalue weighted by molar-refractivity contribution is 8.04. The number of hydrogen-bond donors (Lipinski definition) is 0. The Morgan fingerprint density at radius 2 is 1.40 bits per heavy atom. The van der Waals surface area contributed by atoms with Crippen molar-refractivity contribution in [3.05, 3.63) is 48.5 Å². The minimum Gasteiger partial charge on any atom is -0.198 e. The number of nitrogens with zero attached hydrogens (tertiary/aromatic N) is 1. The van der Waals surface area contributed by atoms with Crippen LogP contribution in [-0.4, -0.2) is 5.25 Å². The molecule has 1 aliphatic rings. The lowest BCUT2D eigenvalue weighted by atomic mass is 9.70. The lowest BCUT2D eigenvalue weighted by molar-refractivity contribution is 0.200. The maximum atomic E-state index is 9.91. The van der Waals surface area contributed by atoms with E-state index in [1.54, 1.807) is 0 Å². The summed E-state index contributed by atoms with van der Waals surface area (Å²) in [5.74, 6) is 0.647. The minimum atomic E-state index is -0.319. The van der Waals surface area contributed by atoms with E-state index in [1.165, 1.54) is 19.6 Å². The summed E-state index contributed by atoms with van der Waals surface area (Å²) in [5, 5.41) is 10.3. The minimum absolute atomic E-state index is 0.00595. The van der Waals surface area contributed by atoms with Gasteiger partial charge in [0.05, 0.1) is 32.2 Å². The SMILES string of the molecule is CC(C(C)C(C)(C#N)C(C)C)[S+]1c2ccccc2Sc2ccccc21. The smallest absolute Gasteiger partial charge is 0.174 e. The van der Waals surface area contributed by atoms with Crippen LogP contribution in [0.2, 0.25) is 0 Å². The molecule has 3 atom stereocenters. The molecule has 0 spiro atoms. The van der Waals surface area contributed by atoms with Gasteiger partial charge in [0.1, 0.15) is 5.25 Å². The fraction of sp³-hybridized carbons (Fsp3) is 0.409. The van der Waals surface area contributed by atoms with Crippen LogP contribution in [-0.2, 0) is 10.9 Å². The zero-order valence-corrected chi connectivity index (χ0v) is 17.2. The van der Waals surface area contributed by atoms with E-state index in [0.717, 1.165) is 0 Å². The van der Waals surface area contributed by atoms with E-state index in [1.807, 2.05) is 11.8 Å². The highest BCUT2D eigenvalue weighted by atomic mass is 32.2. The summed E-state index contributed by atoms with van der Waals surface area (Å²) in [6.45, 7) is 11.1. The number of nitriles is 1. The van der Waals surface area contributed by atoms with E-state index in [9.17, 15) is 5.26 Å². The molecule has 0 aromatic heterocycles. The average Bonchev–Trinajstić information content (AvgIpc) is 2.63. The molecule has 0 radical (unpaired) electrons. The summed E-state index contributed by atoms with van der Waals surface area (Å²) < 4.78 is 0. The molecule has 3 rings (SSSR count). The molecular weight excluding hydrogens is 342 g/mol. The van der Waals surface area contributed by atoms with E-state index >= 15 is 0 Å². The Kier molecular flexibility index (Phi) is 5.23. The van der Waals surface area contributed by atoms with Crippen molar-refractivity contribution in [2.75, 3.05) is 0 Å². The molecule has 0 amide bonds. The number of fused-ring (bicyclic) bond motifs is 2. The van der Waals surface area contributed by atoms with Gasteiger partial charge >= 0.3 is 0 Å². The van der Waals surface area contributed by atoms with Gasteiger partial charge in [0.15, 0.2) is 9.79 Å². The Bertz CT molecular complexity index is 762. The van der Waals surface area contributed by atoms with Gasteiger partial charge in [0.25, 0.3) is 0 Å². The summed E-state index contributed by atoms with van der Waals surface area (Å²) in [6.07, 6.45) is 0. The predicted molar refractivity (Wildman–Crippen MR) is 108 cm³/mol. The Labute approximate surface area is 159 Å². The standard InChI is InChI=1S/C22H26NS2/c1-15(2)22(5,14-23)16(3)17(4)25-20-12-8-6-10-18(20)24-19-11-7-9-13-21(19)25/h6-13,15-17H,1-5H3/q+1. The van der Waals surface area contributed by atoms with E-state index < -0.39 is 0 Å². The van der Waals surface area contributed by atoms with Crippen molar-refractivity contribution in [3.63, 3.8) is 0 Å². The van der Waals surface area contributed by atoms with Crippen molar-refractivity contribution in [2.24, 2.45) is 17.3 Å². The van der Waals surface area contributed by atoms with E-state index in [2.05, 4.69) is 89.2 Å². The van der Waals surface area contributed by atoms with Crippen LogP contribution in [0.15, 0.2) is 68.1 Å². The Morgan fingerprint density at radius 1 is 0.920 bits per heavy atom. The molecule has 2 aromatic rings. The molecule has 3 unspecified atom stereocenters. The normalized spacial score (nSPS) is 18.6. The topological polar surface area (TPSA) is 23.8 Å². The fourth-order valence-corrected chi connectivity index (χ4v) is 7.92. The number of hydrogen-bond acceptors (Lipinski definition) is 2. The number of rotatable bonds is 4. The molecule has 130 valence electrons. The summed E-state index contributed by atoms with van der Waals surface area (Å²) in [4.78, 5) is 5.61. The summed E-state index contributed by atoms with van der Waals surface area (Å²) in [6, 6.07) is 20.2. The highest BCUT2D eigenvalue weighted by Gasteiger charge is 2.48. The van der Waals surface area contributed by atoms with Gasteiger partial charge in [-0.2, -0.15) is 5.26 Å². The van der Waals surface area contributed by atoms with Gasteiger partial charge in [-0.15, -0.1) is 0 Å². The van der Waals surface area contributed by atoms with Crippen LogP contribution in [0.25, 0.3) is 0 Å². The summed E-state index contributed by atoms with van der Waals surface area (Å²) in [7, 11) is -0.00595. The van der Waals surface area contributed by atoms with E-state index in [0.29, 0.717) is 17.1 Å². The van der Waals surface area contributed by atoms with Crippen molar-refractivity contribution in [3.8, 4) is 6.07 Å². The first kappa shape index (κ1) is 18.4.